The fourth-order valence-corrected chi connectivity index (χ4v) is 5.62. The van der Waals surface area contributed by atoms with Crippen LogP contribution in [-0.2, 0) is 19.2 Å². The number of ether oxygens (including phenoxy) is 1. The van der Waals surface area contributed by atoms with Gasteiger partial charge in [-0.2, -0.15) is 5.26 Å². The lowest BCUT2D eigenvalue weighted by molar-refractivity contribution is -0.150. The Morgan fingerprint density at radius 2 is 1.97 bits per heavy atom. The van der Waals surface area contributed by atoms with Crippen LogP contribution in [0.15, 0.2) is 29.4 Å². The number of nitrogens with zero attached hydrogens (tertiary/aromatic N) is 3. The highest BCUT2D eigenvalue weighted by Gasteiger charge is 2.70. The molecule has 0 radical (unpaired) electrons. The predicted octanol–water partition coefficient (Wildman–Crippen LogP) is 0.644. The van der Waals surface area contributed by atoms with E-state index in [1.165, 1.54) is 0 Å². The van der Waals surface area contributed by atoms with Gasteiger partial charge in [-0.3, -0.25) is 19.3 Å². The standard InChI is InChI=1S/C20H17N3O6/c21-5-6-28-12-4-2-1-3-9(12)17-16-10-7-11(18(16)29-22-17)15-14(10)19(26)23(20(15)27)8-13(24)25/h1-4,10-11,14-16,18H,6-8H2,(H,24,25)/t10-,11+,14-,15+,16-,18-/m1/s1. The van der Waals surface area contributed by atoms with Crippen molar-refractivity contribution < 1.29 is 29.1 Å². The zero-order valence-corrected chi connectivity index (χ0v) is 15.2. The summed E-state index contributed by atoms with van der Waals surface area (Å²) in [5, 5.41) is 22.1. The highest BCUT2D eigenvalue weighted by atomic mass is 16.6. The summed E-state index contributed by atoms with van der Waals surface area (Å²) in [5.41, 5.74) is 1.37. The molecule has 0 spiro atoms. The topological polar surface area (TPSA) is 129 Å². The van der Waals surface area contributed by atoms with Crippen LogP contribution in [0.3, 0.4) is 0 Å². The van der Waals surface area contributed by atoms with Crippen LogP contribution in [0.1, 0.15) is 12.0 Å². The van der Waals surface area contributed by atoms with Crippen LogP contribution >= 0.6 is 0 Å². The molecule has 2 aliphatic carbocycles. The zero-order chi connectivity index (χ0) is 20.3. The van der Waals surface area contributed by atoms with Crippen molar-refractivity contribution in [1.29, 1.82) is 5.26 Å². The largest absolute Gasteiger partial charge is 0.480 e. The number of likely N-dealkylation sites (tertiary alicyclic amines) is 1. The summed E-state index contributed by atoms with van der Waals surface area (Å²) in [4.78, 5) is 43.3. The highest BCUT2D eigenvalue weighted by Crippen LogP contribution is 2.61. The molecule has 5 rings (SSSR count). The third-order valence-electron chi connectivity index (χ3n) is 6.53. The number of carboxylic acids is 1. The molecule has 2 saturated carbocycles. The lowest BCUT2D eigenvalue weighted by Gasteiger charge is -2.30. The molecule has 2 heterocycles. The van der Waals surface area contributed by atoms with Crippen LogP contribution in [0.4, 0.5) is 0 Å². The molecule has 3 fully saturated rings. The van der Waals surface area contributed by atoms with Gasteiger partial charge in [-0.1, -0.05) is 17.3 Å². The second-order valence-corrected chi connectivity index (χ2v) is 7.79. The molecule has 2 aliphatic heterocycles. The van der Waals surface area contributed by atoms with E-state index in [4.69, 9.17) is 19.9 Å². The molecule has 148 valence electrons. The number of carbonyl (C=O) groups is 3. The van der Waals surface area contributed by atoms with Crippen molar-refractivity contribution in [2.24, 2.45) is 34.7 Å². The molecular weight excluding hydrogens is 378 g/mol. The summed E-state index contributed by atoms with van der Waals surface area (Å²) in [5.74, 6) is -3.07. The van der Waals surface area contributed by atoms with Gasteiger partial charge in [0.1, 0.15) is 24.5 Å². The number of hydrogen-bond donors (Lipinski definition) is 1. The van der Waals surface area contributed by atoms with Gasteiger partial charge in [-0.15, -0.1) is 0 Å². The molecule has 1 aromatic carbocycles. The van der Waals surface area contributed by atoms with E-state index in [0.717, 1.165) is 4.90 Å². The number of fused-ring (bicyclic) bond motifs is 8. The minimum Gasteiger partial charge on any atom is -0.480 e. The number of oxime groups is 1. The number of amides is 2. The smallest absolute Gasteiger partial charge is 0.323 e. The third-order valence-corrected chi connectivity index (χ3v) is 6.53. The number of carboxylic acid groups (broad SMARTS) is 1. The summed E-state index contributed by atoms with van der Waals surface area (Å²) in [6.07, 6.45) is 0.352. The minimum absolute atomic E-state index is 0.104. The number of para-hydroxylation sites is 1. The Morgan fingerprint density at radius 3 is 2.69 bits per heavy atom. The van der Waals surface area contributed by atoms with Crippen LogP contribution in [0.25, 0.3) is 0 Å². The molecule has 29 heavy (non-hydrogen) atoms. The minimum atomic E-state index is -1.21. The summed E-state index contributed by atoms with van der Waals surface area (Å²) < 4.78 is 5.52. The molecule has 0 unspecified atom stereocenters. The van der Waals surface area contributed by atoms with Crippen LogP contribution in [-0.4, -0.2) is 52.8 Å². The Morgan fingerprint density at radius 1 is 1.24 bits per heavy atom. The van der Waals surface area contributed by atoms with Crippen LogP contribution in [0, 0.1) is 40.9 Å². The highest BCUT2D eigenvalue weighted by molar-refractivity contribution is 6.10. The molecule has 1 saturated heterocycles. The Balaban J connectivity index is 1.47. The first-order valence-corrected chi connectivity index (χ1v) is 9.42. The number of rotatable bonds is 5. The Kier molecular flexibility index (Phi) is 3.84. The normalized spacial score (nSPS) is 33.8. The number of nitriles is 1. The second-order valence-electron chi connectivity index (χ2n) is 7.79. The van der Waals surface area contributed by atoms with Gasteiger partial charge >= 0.3 is 5.97 Å². The number of carbonyl (C=O) groups excluding carboxylic acids is 2. The summed E-state index contributed by atoms with van der Waals surface area (Å²) in [7, 11) is 0. The van der Waals surface area contributed by atoms with E-state index < -0.39 is 36.2 Å². The maximum atomic E-state index is 12.9. The summed E-state index contributed by atoms with van der Waals surface area (Å²) >= 11 is 0. The quantitative estimate of drug-likeness (QED) is 0.724. The molecular formula is C20H17N3O6. The number of imide groups is 1. The van der Waals surface area contributed by atoms with Gasteiger partial charge in [0.15, 0.2) is 6.61 Å². The summed E-state index contributed by atoms with van der Waals surface area (Å²) in [6, 6.07) is 9.15. The van der Waals surface area contributed by atoms with Gasteiger partial charge in [-0.25, -0.2) is 0 Å². The first kappa shape index (κ1) is 17.7. The Labute approximate surface area is 165 Å². The van der Waals surface area contributed by atoms with E-state index in [0.29, 0.717) is 23.4 Å². The van der Waals surface area contributed by atoms with Gasteiger partial charge in [-0.05, 0) is 24.5 Å². The van der Waals surface area contributed by atoms with E-state index in [-0.39, 0.29) is 30.5 Å². The Bertz CT molecular complexity index is 998. The molecule has 2 amide bonds. The predicted molar refractivity (Wildman–Crippen MR) is 95.4 cm³/mol. The zero-order valence-electron chi connectivity index (χ0n) is 15.2. The maximum absolute atomic E-state index is 12.9. The van der Waals surface area contributed by atoms with Crippen LogP contribution in [0.2, 0.25) is 0 Å². The van der Waals surface area contributed by atoms with Gasteiger partial charge in [0.2, 0.25) is 11.8 Å². The van der Waals surface area contributed by atoms with E-state index in [9.17, 15) is 14.4 Å². The van der Waals surface area contributed by atoms with Crippen LogP contribution in [0.5, 0.6) is 5.75 Å². The van der Waals surface area contributed by atoms with Gasteiger partial charge in [0.05, 0.1) is 17.5 Å². The fraction of sp³-hybridized carbons (Fsp3) is 0.450. The third kappa shape index (κ3) is 2.38. The van der Waals surface area contributed by atoms with Crippen molar-refractivity contribution in [3.05, 3.63) is 29.8 Å². The lowest BCUT2D eigenvalue weighted by atomic mass is 9.71. The van der Waals surface area contributed by atoms with Crippen LogP contribution < -0.4 is 4.74 Å². The van der Waals surface area contributed by atoms with E-state index >= 15 is 0 Å². The van der Waals surface area contributed by atoms with E-state index in [1.54, 1.807) is 12.1 Å². The summed E-state index contributed by atoms with van der Waals surface area (Å²) in [6.45, 7) is -0.709. The van der Waals surface area contributed by atoms with Crippen molar-refractivity contribution in [2.75, 3.05) is 13.2 Å². The molecule has 1 N–H and O–H groups in total. The molecule has 4 aliphatic rings. The molecule has 9 heteroatoms. The average molecular weight is 395 g/mol. The van der Waals surface area contributed by atoms with E-state index in [2.05, 4.69) is 5.16 Å². The van der Waals surface area contributed by atoms with Crippen molar-refractivity contribution in [1.82, 2.24) is 4.90 Å². The van der Waals surface area contributed by atoms with Crippen molar-refractivity contribution >= 4 is 23.5 Å². The fourth-order valence-electron chi connectivity index (χ4n) is 5.62. The van der Waals surface area contributed by atoms with Crippen molar-refractivity contribution in [3.8, 4) is 11.8 Å². The Hall–Kier alpha value is -3.41. The second kappa shape index (κ2) is 6.30. The van der Waals surface area contributed by atoms with Gasteiger partial charge < -0.3 is 14.7 Å². The molecule has 6 atom stereocenters. The maximum Gasteiger partial charge on any atom is 0.323 e. The number of hydrogen-bond acceptors (Lipinski definition) is 7. The first-order valence-electron chi connectivity index (χ1n) is 9.42. The monoisotopic (exact) mass is 395 g/mol. The number of benzene rings is 1. The lowest BCUT2D eigenvalue weighted by Crippen LogP contribution is -2.41. The number of aliphatic carboxylic acids is 1. The first-order chi connectivity index (χ1) is 14.0. The van der Waals surface area contributed by atoms with Gasteiger partial charge in [0, 0.05) is 17.4 Å². The van der Waals surface area contributed by atoms with Crippen molar-refractivity contribution in [2.45, 2.75) is 12.5 Å². The SMILES string of the molecule is N#CCOc1ccccc1C1=NO[C@@H]2[C@H]3C[C@H]([C@H]4C(=O)N(CC(=O)O)C(=O)[C@@H]34)[C@H]12. The van der Waals surface area contributed by atoms with Crippen molar-refractivity contribution in [3.63, 3.8) is 0 Å². The molecule has 1 aromatic rings. The molecule has 0 aromatic heterocycles. The van der Waals surface area contributed by atoms with Gasteiger partial charge in [0.25, 0.3) is 0 Å². The average Bonchev–Trinajstić information content (AvgIpc) is 3.43. The molecule has 9 nitrogen and oxygen atoms in total. The van der Waals surface area contributed by atoms with E-state index in [1.807, 2.05) is 18.2 Å². The molecule has 2 bridgehead atoms.